The van der Waals surface area contributed by atoms with E-state index in [1.165, 1.54) is 0 Å². The summed E-state index contributed by atoms with van der Waals surface area (Å²) >= 11 is 0. The van der Waals surface area contributed by atoms with Crippen LogP contribution in [-0.4, -0.2) is 30.2 Å². The van der Waals surface area contributed by atoms with Crippen LogP contribution < -0.4 is 5.32 Å². The average molecular weight is 306 g/mol. The summed E-state index contributed by atoms with van der Waals surface area (Å²) in [5, 5.41) is 3.37. The number of nitrogens with zero attached hydrogens (tertiary/aromatic N) is 1. The van der Waals surface area contributed by atoms with Crippen molar-refractivity contribution in [3.8, 4) is 0 Å². The molecule has 0 spiro atoms. The van der Waals surface area contributed by atoms with E-state index < -0.39 is 12.6 Å². The van der Waals surface area contributed by atoms with Crippen molar-refractivity contribution < 1.29 is 17.6 Å². The van der Waals surface area contributed by atoms with Crippen molar-refractivity contribution in [2.45, 2.75) is 58.9 Å². The number of furan rings is 1. The average Bonchev–Trinajstić information content (AvgIpc) is 2.62. The number of nitrogens with one attached hydrogen (secondary N) is 1. The summed E-state index contributed by atoms with van der Waals surface area (Å²) in [4.78, 5) is 1.62. The van der Waals surface area contributed by atoms with Crippen molar-refractivity contribution in [2.24, 2.45) is 0 Å². The fourth-order valence-corrected chi connectivity index (χ4v) is 1.86. The van der Waals surface area contributed by atoms with Gasteiger partial charge >= 0.3 is 6.18 Å². The van der Waals surface area contributed by atoms with Crippen molar-refractivity contribution in [3.63, 3.8) is 0 Å². The van der Waals surface area contributed by atoms with Gasteiger partial charge in [0, 0.05) is 24.2 Å². The molecule has 0 aliphatic carbocycles. The third-order valence-electron chi connectivity index (χ3n) is 3.08. The zero-order valence-corrected chi connectivity index (χ0v) is 13.4. The molecule has 1 aromatic heterocycles. The topological polar surface area (TPSA) is 28.4 Å². The van der Waals surface area contributed by atoms with Crippen LogP contribution in [0, 0.1) is 6.92 Å². The first-order valence-corrected chi connectivity index (χ1v) is 7.05. The normalized spacial score (nSPS) is 13.2. The molecule has 0 aromatic carbocycles. The quantitative estimate of drug-likeness (QED) is 0.865. The lowest BCUT2D eigenvalue weighted by molar-refractivity contribution is -0.137. The molecule has 1 rings (SSSR count). The SMILES string of the molecule is Cc1oc(CN(C)CCC(F)(F)F)cc1CNC(C)(C)C. The van der Waals surface area contributed by atoms with Gasteiger partial charge in [-0.25, -0.2) is 0 Å². The van der Waals surface area contributed by atoms with Gasteiger partial charge in [-0.1, -0.05) is 0 Å². The largest absolute Gasteiger partial charge is 0.465 e. The fourth-order valence-electron chi connectivity index (χ4n) is 1.86. The highest BCUT2D eigenvalue weighted by Crippen LogP contribution is 2.21. The van der Waals surface area contributed by atoms with E-state index in [-0.39, 0.29) is 12.1 Å². The molecular weight excluding hydrogens is 281 g/mol. The van der Waals surface area contributed by atoms with E-state index in [1.807, 2.05) is 13.0 Å². The van der Waals surface area contributed by atoms with Crippen LogP contribution >= 0.6 is 0 Å². The van der Waals surface area contributed by atoms with Crippen LogP contribution in [0.4, 0.5) is 13.2 Å². The Balaban J connectivity index is 2.53. The van der Waals surface area contributed by atoms with Crippen LogP contribution in [-0.2, 0) is 13.1 Å². The Morgan fingerprint density at radius 1 is 1.24 bits per heavy atom. The highest BCUT2D eigenvalue weighted by molar-refractivity contribution is 5.20. The number of rotatable bonds is 6. The molecule has 0 fully saturated rings. The maximum absolute atomic E-state index is 12.2. The lowest BCUT2D eigenvalue weighted by atomic mass is 10.1. The predicted octanol–water partition coefficient (Wildman–Crippen LogP) is 3.86. The zero-order chi connectivity index (χ0) is 16.3. The Kier molecular flexibility index (Phi) is 5.87. The van der Waals surface area contributed by atoms with E-state index in [4.69, 9.17) is 4.42 Å². The molecule has 122 valence electrons. The Labute approximate surface area is 124 Å². The summed E-state index contributed by atoms with van der Waals surface area (Å²) in [6.07, 6.45) is -4.92. The van der Waals surface area contributed by atoms with E-state index in [0.29, 0.717) is 18.8 Å². The summed E-state index contributed by atoms with van der Waals surface area (Å²) in [6.45, 7) is 9.14. The fraction of sp³-hybridized carbons (Fsp3) is 0.733. The van der Waals surface area contributed by atoms with Crippen LogP contribution in [0.5, 0.6) is 0 Å². The minimum absolute atomic E-state index is 0.00732. The van der Waals surface area contributed by atoms with Crippen LogP contribution in [0.2, 0.25) is 0 Å². The zero-order valence-electron chi connectivity index (χ0n) is 13.4. The molecule has 0 unspecified atom stereocenters. The number of hydrogen-bond donors (Lipinski definition) is 1. The second kappa shape index (κ2) is 6.83. The van der Waals surface area contributed by atoms with Crippen molar-refractivity contribution in [2.75, 3.05) is 13.6 Å². The lowest BCUT2D eigenvalue weighted by Gasteiger charge is -2.20. The Hall–Kier alpha value is -1.01. The molecule has 0 bridgehead atoms. The smallest absolute Gasteiger partial charge is 0.390 e. The van der Waals surface area contributed by atoms with Crippen LogP contribution in [0.25, 0.3) is 0 Å². The van der Waals surface area contributed by atoms with E-state index in [2.05, 4.69) is 26.1 Å². The highest BCUT2D eigenvalue weighted by atomic mass is 19.4. The number of aryl methyl sites for hydroxylation is 1. The first-order chi connectivity index (χ1) is 9.46. The molecule has 0 saturated carbocycles. The van der Waals surface area contributed by atoms with E-state index in [9.17, 15) is 13.2 Å². The Bertz CT molecular complexity index is 447. The Morgan fingerprint density at radius 2 is 1.86 bits per heavy atom. The predicted molar refractivity (Wildman–Crippen MR) is 77.0 cm³/mol. The molecule has 0 aliphatic heterocycles. The summed E-state index contributed by atoms with van der Waals surface area (Å²) in [5.41, 5.74) is 1.05. The molecule has 1 heterocycles. The third kappa shape index (κ3) is 7.52. The second-order valence-electron chi connectivity index (χ2n) is 6.50. The van der Waals surface area contributed by atoms with Crippen LogP contribution in [0.1, 0.15) is 44.3 Å². The molecular formula is C15H25F3N2O. The molecule has 21 heavy (non-hydrogen) atoms. The van der Waals surface area contributed by atoms with Gasteiger partial charge in [-0.2, -0.15) is 13.2 Å². The summed E-state index contributed by atoms with van der Waals surface area (Å²) in [7, 11) is 1.66. The minimum Gasteiger partial charge on any atom is -0.465 e. The van der Waals surface area contributed by atoms with E-state index in [1.54, 1.807) is 11.9 Å². The molecule has 0 saturated heterocycles. The monoisotopic (exact) mass is 306 g/mol. The summed E-state index contributed by atoms with van der Waals surface area (Å²) in [6, 6.07) is 1.91. The van der Waals surface area contributed by atoms with Gasteiger partial charge in [-0.15, -0.1) is 0 Å². The van der Waals surface area contributed by atoms with Crippen molar-refractivity contribution >= 4 is 0 Å². The van der Waals surface area contributed by atoms with Crippen molar-refractivity contribution in [1.82, 2.24) is 10.2 Å². The molecule has 0 amide bonds. The minimum atomic E-state index is -4.12. The van der Waals surface area contributed by atoms with Gasteiger partial charge in [0.15, 0.2) is 0 Å². The number of alkyl halides is 3. The summed E-state index contributed by atoms with van der Waals surface area (Å²) in [5.74, 6) is 1.51. The molecule has 0 radical (unpaired) electrons. The van der Waals surface area contributed by atoms with Gasteiger partial charge in [-0.05, 0) is 40.8 Å². The number of hydrogen-bond acceptors (Lipinski definition) is 3. The summed E-state index contributed by atoms with van der Waals surface area (Å²) < 4.78 is 42.1. The van der Waals surface area contributed by atoms with Crippen LogP contribution in [0.15, 0.2) is 10.5 Å². The van der Waals surface area contributed by atoms with Gasteiger partial charge in [0.05, 0.1) is 13.0 Å². The van der Waals surface area contributed by atoms with Gasteiger partial charge in [0.2, 0.25) is 0 Å². The van der Waals surface area contributed by atoms with E-state index >= 15 is 0 Å². The lowest BCUT2D eigenvalue weighted by Crippen LogP contribution is -2.35. The van der Waals surface area contributed by atoms with E-state index in [0.717, 1.165) is 11.3 Å². The van der Waals surface area contributed by atoms with Gasteiger partial charge in [0.25, 0.3) is 0 Å². The maximum Gasteiger partial charge on any atom is 0.390 e. The first-order valence-electron chi connectivity index (χ1n) is 7.05. The third-order valence-corrected chi connectivity index (χ3v) is 3.08. The molecule has 0 atom stereocenters. The second-order valence-corrected chi connectivity index (χ2v) is 6.50. The van der Waals surface area contributed by atoms with Gasteiger partial charge < -0.3 is 9.73 Å². The maximum atomic E-state index is 12.2. The Morgan fingerprint density at radius 3 is 2.38 bits per heavy atom. The van der Waals surface area contributed by atoms with Gasteiger partial charge in [-0.3, -0.25) is 4.90 Å². The molecule has 6 heteroatoms. The first kappa shape index (κ1) is 18.0. The highest BCUT2D eigenvalue weighted by Gasteiger charge is 2.27. The molecule has 1 N–H and O–H groups in total. The standard InChI is InChI=1S/C15H25F3N2O/c1-11-12(9-19-14(2,3)4)8-13(21-11)10-20(5)7-6-15(16,17)18/h8,19H,6-7,9-10H2,1-5H3. The number of halogens is 3. The molecule has 0 aliphatic rings. The van der Waals surface area contributed by atoms with Gasteiger partial charge in [0.1, 0.15) is 11.5 Å². The van der Waals surface area contributed by atoms with Crippen molar-refractivity contribution in [3.05, 3.63) is 23.2 Å². The van der Waals surface area contributed by atoms with Crippen LogP contribution in [0.3, 0.4) is 0 Å². The molecule has 1 aromatic rings. The van der Waals surface area contributed by atoms with Crippen molar-refractivity contribution in [1.29, 1.82) is 0 Å². The molecule has 3 nitrogen and oxygen atoms in total.